The lowest BCUT2D eigenvalue weighted by molar-refractivity contribution is -0.132. The molecular weight excluding hydrogens is 461 g/mol. The van der Waals surface area contributed by atoms with Crippen molar-refractivity contribution in [2.24, 2.45) is 0 Å². The summed E-state index contributed by atoms with van der Waals surface area (Å²) < 4.78 is 67.1. The number of nitrogens with one attached hydrogen (secondary N) is 1. The fourth-order valence-corrected chi connectivity index (χ4v) is 5.43. The molecule has 1 N–H and O–H groups in total. The number of benzene rings is 2. The highest BCUT2D eigenvalue weighted by atomic mass is 32.2. The van der Waals surface area contributed by atoms with E-state index in [0.29, 0.717) is 17.7 Å². The lowest BCUT2D eigenvalue weighted by Gasteiger charge is -2.35. The summed E-state index contributed by atoms with van der Waals surface area (Å²) in [5.41, 5.74) is -0.580. The van der Waals surface area contributed by atoms with Crippen molar-refractivity contribution in [2.45, 2.75) is 17.4 Å². The predicted octanol–water partition coefficient (Wildman–Crippen LogP) is 1.83. The normalized spacial score (nSPS) is 22.6. The largest absolute Gasteiger partial charge is 0.326 e. The quantitative estimate of drug-likeness (QED) is 0.519. The number of carbonyl (C=O) groups excluding carboxylic acids is 2. The number of hydrogen-bond donors (Lipinski definition) is 1. The SMILES string of the molecule is C[C@@]1(c2ccccc2)NC(=O)N(CN2CCN(S(=O)(=O)c3ccc(F)c(F)c3F)CC2)C1=O. The third kappa shape index (κ3) is 3.98. The van der Waals surface area contributed by atoms with Gasteiger partial charge in [0, 0.05) is 26.2 Å². The first-order valence-corrected chi connectivity index (χ1v) is 11.6. The Morgan fingerprint density at radius 3 is 2.21 bits per heavy atom. The minimum Gasteiger partial charge on any atom is -0.319 e. The maximum Gasteiger partial charge on any atom is 0.326 e. The molecule has 2 saturated heterocycles. The van der Waals surface area contributed by atoms with Crippen molar-refractivity contribution in [1.82, 2.24) is 19.4 Å². The van der Waals surface area contributed by atoms with Crippen LogP contribution in [-0.4, -0.2) is 67.3 Å². The number of nitrogens with zero attached hydrogens (tertiary/aromatic N) is 3. The maximum atomic E-state index is 14.0. The molecule has 8 nitrogen and oxygen atoms in total. The first-order chi connectivity index (χ1) is 15.6. The molecule has 2 aliphatic heterocycles. The summed E-state index contributed by atoms with van der Waals surface area (Å²) in [6, 6.07) is 9.48. The highest BCUT2D eigenvalue weighted by Gasteiger charge is 2.49. The van der Waals surface area contributed by atoms with Crippen LogP contribution in [-0.2, 0) is 20.4 Å². The summed E-state index contributed by atoms with van der Waals surface area (Å²) in [6.07, 6.45) is 0. The molecule has 3 amide bonds. The molecule has 12 heteroatoms. The third-order valence-electron chi connectivity index (χ3n) is 5.92. The number of hydrogen-bond acceptors (Lipinski definition) is 5. The number of halogens is 3. The van der Waals surface area contributed by atoms with Crippen molar-refractivity contribution < 1.29 is 31.2 Å². The molecule has 0 bridgehead atoms. The van der Waals surface area contributed by atoms with Crippen LogP contribution < -0.4 is 5.32 Å². The highest BCUT2D eigenvalue weighted by molar-refractivity contribution is 7.89. The number of urea groups is 1. The summed E-state index contributed by atoms with van der Waals surface area (Å²) in [5.74, 6) is -5.53. The standard InChI is InChI=1S/C21H21F3N4O4S/c1-21(14-5-3-2-4-6-14)19(29)28(20(30)25-21)13-26-9-11-27(12-10-26)33(31,32)16-8-7-15(22)17(23)18(16)24/h2-8H,9-13H2,1H3,(H,25,30)/t21-/m0/s1. The second-order valence-electron chi connectivity index (χ2n) is 7.99. The van der Waals surface area contributed by atoms with Gasteiger partial charge in [-0.2, -0.15) is 4.31 Å². The fraction of sp³-hybridized carbons (Fsp3) is 0.333. The molecule has 0 saturated carbocycles. The van der Waals surface area contributed by atoms with Crippen LogP contribution in [0.25, 0.3) is 0 Å². The van der Waals surface area contributed by atoms with E-state index in [1.165, 1.54) is 0 Å². The molecule has 0 radical (unpaired) electrons. The van der Waals surface area contributed by atoms with E-state index in [9.17, 15) is 31.2 Å². The fourth-order valence-electron chi connectivity index (χ4n) is 3.95. The number of rotatable bonds is 5. The molecule has 2 aliphatic rings. The van der Waals surface area contributed by atoms with Crippen LogP contribution in [0.5, 0.6) is 0 Å². The summed E-state index contributed by atoms with van der Waals surface area (Å²) in [4.78, 5) is 27.4. The van der Waals surface area contributed by atoms with Crippen LogP contribution in [0.1, 0.15) is 12.5 Å². The van der Waals surface area contributed by atoms with Gasteiger partial charge in [-0.25, -0.2) is 31.3 Å². The Kier molecular flexibility index (Phi) is 5.93. The molecule has 176 valence electrons. The molecule has 33 heavy (non-hydrogen) atoms. The Labute approximate surface area is 188 Å². The number of sulfonamides is 1. The van der Waals surface area contributed by atoms with Crippen molar-refractivity contribution in [3.63, 3.8) is 0 Å². The Morgan fingerprint density at radius 1 is 0.939 bits per heavy atom. The van der Waals surface area contributed by atoms with E-state index in [1.807, 2.05) is 0 Å². The second kappa shape index (κ2) is 8.43. The molecule has 0 aliphatic carbocycles. The van der Waals surface area contributed by atoms with E-state index < -0.39 is 49.8 Å². The Bertz CT molecular complexity index is 1200. The Balaban J connectivity index is 1.43. The topological polar surface area (TPSA) is 90.0 Å². The van der Waals surface area contributed by atoms with Gasteiger partial charge in [-0.3, -0.25) is 9.69 Å². The molecule has 2 fully saturated rings. The number of imide groups is 1. The molecular formula is C21H21F3N4O4S. The van der Waals surface area contributed by atoms with Gasteiger partial charge in [0.25, 0.3) is 5.91 Å². The molecule has 2 aromatic carbocycles. The van der Waals surface area contributed by atoms with E-state index >= 15 is 0 Å². The lowest BCUT2D eigenvalue weighted by Crippen LogP contribution is -2.52. The van der Waals surface area contributed by atoms with Gasteiger partial charge < -0.3 is 5.32 Å². The summed E-state index contributed by atoms with van der Waals surface area (Å²) in [6.45, 7) is 1.68. The van der Waals surface area contributed by atoms with E-state index in [1.54, 1.807) is 42.2 Å². The maximum absolute atomic E-state index is 14.0. The van der Waals surface area contributed by atoms with Crippen molar-refractivity contribution in [1.29, 1.82) is 0 Å². The Hall–Kier alpha value is -2.96. The zero-order valence-corrected chi connectivity index (χ0v) is 18.4. The average Bonchev–Trinajstić information content (AvgIpc) is 3.02. The van der Waals surface area contributed by atoms with Crippen molar-refractivity contribution >= 4 is 22.0 Å². The van der Waals surface area contributed by atoms with Gasteiger partial charge in [0.2, 0.25) is 10.0 Å². The first kappa shape index (κ1) is 23.2. The molecule has 4 rings (SSSR count). The summed E-state index contributed by atoms with van der Waals surface area (Å²) >= 11 is 0. The van der Waals surface area contributed by atoms with Gasteiger partial charge in [0.05, 0.1) is 6.67 Å². The minimum atomic E-state index is -4.39. The van der Waals surface area contributed by atoms with Gasteiger partial charge in [-0.05, 0) is 24.6 Å². The highest BCUT2D eigenvalue weighted by Crippen LogP contribution is 2.29. The zero-order chi connectivity index (χ0) is 24.0. The molecule has 0 spiro atoms. The lowest BCUT2D eigenvalue weighted by atomic mass is 9.92. The van der Waals surface area contributed by atoms with Crippen LogP contribution in [0.2, 0.25) is 0 Å². The van der Waals surface area contributed by atoms with Gasteiger partial charge in [-0.15, -0.1) is 0 Å². The van der Waals surface area contributed by atoms with Crippen molar-refractivity contribution in [3.8, 4) is 0 Å². The smallest absolute Gasteiger partial charge is 0.319 e. The molecule has 0 unspecified atom stereocenters. The molecule has 0 aromatic heterocycles. The van der Waals surface area contributed by atoms with Gasteiger partial charge in [-0.1, -0.05) is 30.3 Å². The summed E-state index contributed by atoms with van der Waals surface area (Å²) in [5, 5.41) is 2.70. The van der Waals surface area contributed by atoms with Crippen LogP contribution in [0.4, 0.5) is 18.0 Å². The van der Waals surface area contributed by atoms with Crippen LogP contribution in [0, 0.1) is 17.5 Å². The minimum absolute atomic E-state index is 0.0550. The zero-order valence-electron chi connectivity index (χ0n) is 17.6. The van der Waals surface area contributed by atoms with Crippen LogP contribution in [0.3, 0.4) is 0 Å². The van der Waals surface area contributed by atoms with Gasteiger partial charge >= 0.3 is 6.03 Å². The summed E-state index contributed by atoms with van der Waals surface area (Å²) in [7, 11) is -4.39. The van der Waals surface area contributed by atoms with Crippen molar-refractivity contribution in [2.75, 3.05) is 32.8 Å². The predicted molar refractivity (Wildman–Crippen MR) is 111 cm³/mol. The average molecular weight is 482 g/mol. The monoisotopic (exact) mass is 482 g/mol. The van der Waals surface area contributed by atoms with E-state index in [0.717, 1.165) is 9.21 Å². The Morgan fingerprint density at radius 2 is 1.58 bits per heavy atom. The third-order valence-corrected chi connectivity index (χ3v) is 7.83. The molecule has 2 aromatic rings. The van der Waals surface area contributed by atoms with E-state index in [4.69, 9.17) is 0 Å². The number of carbonyl (C=O) groups is 2. The van der Waals surface area contributed by atoms with E-state index in [-0.39, 0.29) is 32.8 Å². The number of amides is 3. The van der Waals surface area contributed by atoms with E-state index in [2.05, 4.69) is 5.32 Å². The molecule has 2 heterocycles. The molecule has 1 atom stereocenters. The van der Waals surface area contributed by atoms with Crippen LogP contribution in [0.15, 0.2) is 47.4 Å². The number of piperazine rings is 1. The first-order valence-electron chi connectivity index (χ1n) is 10.1. The van der Waals surface area contributed by atoms with Crippen molar-refractivity contribution in [3.05, 3.63) is 65.5 Å². The van der Waals surface area contributed by atoms with Crippen LogP contribution >= 0.6 is 0 Å². The van der Waals surface area contributed by atoms with Gasteiger partial charge in [0.15, 0.2) is 17.5 Å². The van der Waals surface area contributed by atoms with Gasteiger partial charge in [0.1, 0.15) is 10.4 Å². The second-order valence-corrected chi connectivity index (χ2v) is 9.90.